The van der Waals surface area contributed by atoms with E-state index in [-0.39, 0.29) is 17.2 Å². The molecule has 2 fully saturated rings. The summed E-state index contributed by atoms with van der Waals surface area (Å²) in [6.45, 7) is 3.22. The summed E-state index contributed by atoms with van der Waals surface area (Å²) in [7, 11) is -3.66. The lowest BCUT2D eigenvalue weighted by Gasteiger charge is -2.27. The van der Waals surface area contributed by atoms with E-state index >= 15 is 0 Å². The Labute approximate surface area is 193 Å². The van der Waals surface area contributed by atoms with Crippen molar-refractivity contribution >= 4 is 38.2 Å². The van der Waals surface area contributed by atoms with Gasteiger partial charge in [0.15, 0.2) is 0 Å². The molecule has 2 saturated heterocycles. The number of aromatic amines is 1. The Morgan fingerprint density at radius 2 is 1.79 bits per heavy atom. The van der Waals surface area contributed by atoms with Gasteiger partial charge in [0.2, 0.25) is 15.9 Å². The Balaban J connectivity index is 1.43. The Morgan fingerprint density at radius 3 is 2.58 bits per heavy atom. The lowest BCUT2D eigenvalue weighted by atomic mass is 10.1. The molecule has 0 atom stereocenters. The van der Waals surface area contributed by atoms with Gasteiger partial charge in [-0.05, 0) is 42.7 Å². The van der Waals surface area contributed by atoms with Crippen molar-refractivity contribution in [3.63, 3.8) is 0 Å². The number of benzene rings is 2. The van der Waals surface area contributed by atoms with Gasteiger partial charge in [0.25, 0.3) is 0 Å². The molecular weight excluding hydrogens is 440 g/mol. The average molecular weight is 469 g/mol. The summed E-state index contributed by atoms with van der Waals surface area (Å²) in [4.78, 5) is 18.6. The van der Waals surface area contributed by atoms with E-state index in [4.69, 9.17) is 4.74 Å². The number of nitrogens with one attached hydrogen (secondary N) is 2. The van der Waals surface area contributed by atoms with Gasteiger partial charge in [-0.3, -0.25) is 4.79 Å². The minimum Gasteiger partial charge on any atom is -0.379 e. The molecule has 0 unspecified atom stereocenters. The first-order valence-corrected chi connectivity index (χ1v) is 12.8. The number of fused-ring (bicyclic) bond motifs is 1. The molecule has 3 heterocycles. The van der Waals surface area contributed by atoms with E-state index in [0.717, 1.165) is 48.1 Å². The number of rotatable bonds is 6. The molecule has 5 rings (SSSR count). The Kier molecular flexibility index (Phi) is 6.09. The van der Waals surface area contributed by atoms with Crippen LogP contribution in [0.2, 0.25) is 0 Å². The van der Waals surface area contributed by atoms with Gasteiger partial charge < -0.3 is 19.9 Å². The predicted octanol–water partition coefficient (Wildman–Crippen LogP) is 2.97. The number of aromatic nitrogens is 1. The zero-order valence-electron chi connectivity index (χ0n) is 18.4. The SMILES string of the molecule is O=C(Cc1c[nH]c2ccccc12)Nc1cc(S(=O)(=O)N2CCOCC2)ccc1N1CCCC1. The quantitative estimate of drug-likeness (QED) is 0.580. The monoisotopic (exact) mass is 468 g/mol. The average Bonchev–Trinajstić information content (AvgIpc) is 3.50. The van der Waals surface area contributed by atoms with Crippen LogP contribution in [0.25, 0.3) is 10.9 Å². The third-order valence-electron chi connectivity index (χ3n) is 6.32. The lowest BCUT2D eigenvalue weighted by Crippen LogP contribution is -2.40. The van der Waals surface area contributed by atoms with Gasteiger partial charge in [-0.2, -0.15) is 4.31 Å². The number of amides is 1. The number of sulfonamides is 1. The molecule has 3 aromatic rings. The topological polar surface area (TPSA) is 94.7 Å². The summed E-state index contributed by atoms with van der Waals surface area (Å²) in [6.07, 6.45) is 4.21. The molecule has 2 aromatic carbocycles. The van der Waals surface area contributed by atoms with Gasteiger partial charge in [0.05, 0.1) is 35.9 Å². The number of hydrogen-bond acceptors (Lipinski definition) is 5. The summed E-state index contributed by atoms with van der Waals surface area (Å²) in [5, 5.41) is 4.01. The second-order valence-corrected chi connectivity index (χ2v) is 10.4. The van der Waals surface area contributed by atoms with Crippen LogP contribution in [0.15, 0.2) is 53.6 Å². The molecule has 174 valence electrons. The maximum absolute atomic E-state index is 13.2. The van der Waals surface area contributed by atoms with Gasteiger partial charge in [0.1, 0.15) is 0 Å². The van der Waals surface area contributed by atoms with E-state index in [9.17, 15) is 13.2 Å². The molecule has 33 heavy (non-hydrogen) atoms. The van der Waals surface area contributed by atoms with Crippen molar-refractivity contribution in [1.82, 2.24) is 9.29 Å². The highest BCUT2D eigenvalue weighted by Crippen LogP contribution is 2.33. The molecule has 1 amide bonds. The second kappa shape index (κ2) is 9.17. The fourth-order valence-corrected chi connectivity index (χ4v) is 6.03. The highest BCUT2D eigenvalue weighted by atomic mass is 32.2. The highest BCUT2D eigenvalue weighted by molar-refractivity contribution is 7.89. The van der Waals surface area contributed by atoms with Crippen LogP contribution in [-0.2, 0) is 26.0 Å². The van der Waals surface area contributed by atoms with Gasteiger partial charge in [-0.25, -0.2) is 8.42 Å². The second-order valence-electron chi connectivity index (χ2n) is 8.47. The zero-order valence-corrected chi connectivity index (χ0v) is 19.2. The third kappa shape index (κ3) is 4.48. The normalized spacial score (nSPS) is 17.5. The summed E-state index contributed by atoms with van der Waals surface area (Å²) in [5.74, 6) is -0.180. The van der Waals surface area contributed by atoms with E-state index in [1.165, 1.54) is 4.31 Å². The summed E-state index contributed by atoms with van der Waals surface area (Å²) in [5.41, 5.74) is 3.29. The minimum atomic E-state index is -3.66. The van der Waals surface area contributed by atoms with Crippen molar-refractivity contribution in [2.45, 2.75) is 24.2 Å². The lowest BCUT2D eigenvalue weighted by molar-refractivity contribution is -0.115. The maximum Gasteiger partial charge on any atom is 0.243 e. The fourth-order valence-electron chi connectivity index (χ4n) is 4.59. The Bertz CT molecular complexity index is 1260. The number of carbonyl (C=O) groups excluding carboxylic acids is 1. The molecule has 2 aliphatic heterocycles. The van der Waals surface area contributed by atoms with Crippen molar-refractivity contribution in [2.24, 2.45) is 0 Å². The van der Waals surface area contributed by atoms with Crippen molar-refractivity contribution in [2.75, 3.05) is 49.6 Å². The molecule has 0 radical (unpaired) electrons. The van der Waals surface area contributed by atoms with Gasteiger partial charge >= 0.3 is 0 Å². The number of anilines is 2. The third-order valence-corrected chi connectivity index (χ3v) is 8.22. The van der Waals surface area contributed by atoms with Crippen LogP contribution in [0.1, 0.15) is 18.4 Å². The summed E-state index contributed by atoms with van der Waals surface area (Å²) >= 11 is 0. The van der Waals surface area contributed by atoms with Crippen molar-refractivity contribution < 1.29 is 17.9 Å². The number of carbonyl (C=O) groups is 1. The van der Waals surface area contributed by atoms with Gasteiger partial charge in [-0.1, -0.05) is 18.2 Å². The summed E-state index contributed by atoms with van der Waals surface area (Å²) in [6, 6.07) is 12.9. The number of nitrogens with zero attached hydrogens (tertiary/aromatic N) is 2. The Morgan fingerprint density at radius 1 is 1.03 bits per heavy atom. The first kappa shape index (κ1) is 21.9. The highest BCUT2D eigenvalue weighted by Gasteiger charge is 2.28. The first-order chi connectivity index (χ1) is 16.0. The molecule has 2 N–H and O–H groups in total. The number of H-pyrrole nitrogens is 1. The van der Waals surface area contributed by atoms with Crippen LogP contribution in [-0.4, -0.2) is 63.0 Å². The van der Waals surface area contributed by atoms with E-state index in [0.29, 0.717) is 32.0 Å². The number of ether oxygens (including phenoxy) is 1. The van der Waals surface area contributed by atoms with Crippen LogP contribution in [0, 0.1) is 0 Å². The van der Waals surface area contributed by atoms with Crippen LogP contribution in [0.5, 0.6) is 0 Å². The molecule has 0 bridgehead atoms. The molecule has 2 aliphatic rings. The van der Waals surface area contributed by atoms with Crippen LogP contribution in [0.4, 0.5) is 11.4 Å². The van der Waals surface area contributed by atoms with Crippen LogP contribution >= 0.6 is 0 Å². The molecule has 0 aliphatic carbocycles. The molecule has 1 aromatic heterocycles. The zero-order chi connectivity index (χ0) is 22.8. The van der Waals surface area contributed by atoms with Crippen molar-refractivity contribution in [3.8, 4) is 0 Å². The standard InChI is InChI=1S/C24H28N4O4S/c29-24(15-18-17-25-21-6-2-1-5-20(18)21)26-22-16-19(7-8-23(22)27-9-3-4-10-27)33(30,31)28-11-13-32-14-12-28/h1-2,5-8,16-17,25H,3-4,9-15H2,(H,26,29). The van der Waals surface area contributed by atoms with E-state index in [1.54, 1.807) is 12.1 Å². The molecule has 9 heteroatoms. The Hall–Kier alpha value is -2.88. The fraction of sp³-hybridized carbons (Fsp3) is 0.375. The first-order valence-electron chi connectivity index (χ1n) is 11.3. The number of morpholine rings is 1. The van der Waals surface area contributed by atoms with Crippen LogP contribution in [0.3, 0.4) is 0 Å². The summed E-state index contributed by atoms with van der Waals surface area (Å²) < 4.78 is 33.1. The van der Waals surface area contributed by atoms with Crippen molar-refractivity contribution in [3.05, 3.63) is 54.2 Å². The predicted molar refractivity (Wildman–Crippen MR) is 128 cm³/mol. The molecule has 0 spiro atoms. The molecular formula is C24H28N4O4S. The largest absolute Gasteiger partial charge is 0.379 e. The van der Waals surface area contributed by atoms with E-state index in [1.807, 2.05) is 36.5 Å². The van der Waals surface area contributed by atoms with E-state index < -0.39 is 10.0 Å². The molecule has 8 nitrogen and oxygen atoms in total. The smallest absolute Gasteiger partial charge is 0.243 e. The maximum atomic E-state index is 13.2. The van der Waals surface area contributed by atoms with Gasteiger partial charge in [0, 0.05) is 43.3 Å². The number of hydrogen-bond donors (Lipinski definition) is 2. The van der Waals surface area contributed by atoms with E-state index in [2.05, 4.69) is 15.2 Å². The van der Waals surface area contributed by atoms with Crippen LogP contribution < -0.4 is 10.2 Å². The number of para-hydroxylation sites is 1. The van der Waals surface area contributed by atoms with Gasteiger partial charge in [-0.15, -0.1) is 0 Å². The van der Waals surface area contributed by atoms with Crippen molar-refractivity contribution in [1.29, 1.82) is 0 Å². The molecule has 0 saturated carbocycles. The minimum absolute atomic E-state index is 0.180.